The normalized spacial score (nSPS) is 20.8. The summed E-state index contributed by atoms with van der Waals surface area (Å²) >= 11 is 0. The number of piperidine rings is 1. The molecule has 1 N–H and O–H groups in total. The van der Waals surface area contributed by atoms with E-state index in [4.69, 9.17) is 4.74 Å². The Labute approximate surface area is 171 Å². The van der Waals surface area contributed by atoms with Crippen molar-refractivity contribution in [3.8, 4) is 5.75 Å². The summed E-state index contributed by atoms with van der Waals surface area (Å²) in [5.74, 6) is 0.226. The number of ether oxygens (including phenoxy) is 1. The molecule has 0 spiro atoms. The van der Waals surface area contributed by atoms with Crippen molar-refractivity contribution in [2.24, 2.45) is 0 Å². The third-order valence-corrected chi connectivity index (χ3v) is 5.79. The van der Waals surface area contributed by atoms with E-state index in [2.05, 4.69) is 39.6 Å². The van der Waals surface area contributed by atoms with Crippen LogP contribution in [0, 0.1) is 0 Å². The predicted octanol–water partition coefficient (Wildman–Crippen LogP) is 4.31. The van der Waals surface area contributed by atoms with Crippen molar-refractivity contribution >= 4 is 22.6 Å². The molecule has 5 nitrogen and oxygen atoms in total. The highest BCUT2D eigenvalue weighted by Crippen LogP contribution is 2.39. The molecule has 2 amide bonds. The summed E-state index contributed by atoms with van der Waals surface area (Å²) in [6, 6.07) is 9.00. The first-order valence-corrected chi connectivity index (χ1v) is 10.1. The molecule has 2 aliphatic heterocycles. The number of benzene rings is 2. The minimum absolute atomic E-state index is 0.152. The SMILES string of the molecule is C=CCOc1ccc2c3c(cccc13)C(=O)N(C1CC(C)(C)NC(C)(C)C1)C2=O. The van der Waals surface area contributed by atoms with E-state index in [1.54, 1.807) is 12.1 Å². The smallest absolute Gasteiger partial charge is 0.261 e. The van der Waals surface area contributed by atoms with E-state index in [0.29, 0.717) is 28.9 Å². The molecule has 2 aromatic rings. The molecule has 2 aromatic carbocycles. The standard InChI is InChI=1S/C24H28N2O3/c1-6-12-29-19-11-10-18-20-16(19)8-7-9-17(20)21(27)26(22(18)28)15-13-23(2,3)25-24(4,5)14-15/h6-11,15,25H,1,12-14H2,2-5H3. The van der Waals surface area contributed by atoms with Crippen molar-refractivity contribution in [3.63, 3.8) is 0 Å². The highest BCUT2D eigenvalue weighted by Gasteiger charge is 2.45. The van der Waals surface area contributed by atoms with Gasteiger partial charge in [0.2, 0.25) is 0 Å². The van der Waals surface area contributed by atoms with Crippen molar-refractivity contribution in [2.45, 2.75) is 57.7 Å². The molecule has 4 rings (SSSR count). The zero-order chi connectivity index (χ0) is 21.0. The number of hydrogen-bond acceptors (Lipinski definition) is 4. The molecular weight excluding hydrogens is 364 g/mol. The Morgan fingerprint density at radius 2 is 1.69 bits per heavy atom. The Morgan fingerprint density at radius 3 is 2.31 bits per heavy atom. The summed E-state index contributed by atoms with van der Waals surface area (Å²) in [4.78, 5) is 28.5. The van der Waals surface area contributed by atoms with Gasteiger partial charge in [-0.15, -0.1) is 0 Å². The number of nitrogens with zero attached hydrogens (tertiary/aromatic N) is 1. The predicted molar refractivity (Wildman–Crippen MR) is 114 cm³/mol. The highest BCUT2D eigenvalue weighted by atomic mass is 16.5. The van der Waals surface area contributed by atoms with Crippen LogP contribution in [-0.4, -0.2) is 40.4 Å². The van der Waals surface area contributed by atoms with E-state index < -0.39 is 0 Å². The van der Waals surface area contributed by atoms with E-state index in [1.165, 1.54) is 4.90 Å². The average molecular weight is 392 g/mol. The number of carbonyl (C=O) groups excluding carboxylic acids is 2. The lowest BCUT2D eigenvalue weighted by atomic mass is 9.78. The molecule has 2 heterocycles. The Bertz CT molecular complexity index is 984. The van der Waals surface area contributed by atoms with Crippen LogP contribution >= 0.6 is 0 Å². The minimum Gasteiger partial charge on any atom is -0.489 e. The fourth-order valence-corrected chi connectivity index (χ4v) is 5.15. The fourth-order valence-electron chi connectivity index (χ4n) is 5.15. The molecule has 0 aliphatic carbocycles. The van der Waals surface area contributed by atoms with Gasteiger partial charge in [0.25, 0.3) is 11.8 Å². The fraction of sp³-hybridized carbons (Fsp3) is 0.417. The monoisotopic (exact) mass is 392 g/mol. The minimum atomic E-state index is -0.215. The number of carbonyl (C=O) groups is 2. The van der Waals surface area contributed by atoms with Crippen LogP contribution in [0.2, 0.25) is 0 Å². The summed E-state index contributed by atoms with van der Waals surface area (Å²) in [5.41, 5.74) is 0.800. The summed E-state index contributed by atoms with van der Waals surface area (Å²) in [6.07, 6.45) is 3.12. The second-order valence-corrected chi connectivity index (χ2v) is 9.37. The first-order valence-electron chi connectivity index (χ1n) is 10.1. The van der Waals surface area contributed by atoms with Gasteiger partial charge in [0.05, 0.1) is 0 Å². The van der Waals surface area contributed by atoms with E-state index in [1.807, 2.05) is 24.3 Å². The van der Waals surface area contributed by atoms with Gasteiger partial charge in [-0.1, -0.05) is 24.8 Å². The largest absolute Gasteiger partial charge is 0.489 e. The van der Waals surface area contributed by atoms with Crippen LogP contribution in [0.15, 0.2) is 43.0 Å². The van der Waals surface area contributed by atoms with E-state index >= 15 is 0 Å². The zero-order valence-corrected chi connectivity index (χ0v) is 17.5. The lowest BCUT2D eigenvalue weighted by Gasteiger charge is -2.49. The maximum Gasteiger partial charge on any atom is 0.261 e. The number of amides is 2. The van der Waals surface area contributed by atoms with E-state index in [-0.39, 0.29) is 28.9 Å². The quantitative estimate of drug-likeness (QED) is 0.622. The second kappa shape index (κ2) is 6.70. The van der Waals surface area contributed by atoms with Gasteiger partial charge in [-0.05, 0) is 58.7 Å². The molecule has 0 unspecified atom stereocenters. The molecule has 1 fully saturated rings. The Hall–Kier alpha value is -2.66. The molecule has 0 atom stereocenters. The summed E-state index contributed by atoms with van der Waals surface area (Å²) in [5, 5.41) is 5.10. The van der Waals surface area contributed by atoms with Gasteiger partial charge in [-0.25, -0.2) is 0 Å². The molecule has 5 heteroatoms. The molecule has 0 saturated carbocycles. The average Bonchev–Trinajstić information content (AvgIpc) is 2.62. The van der Waals surface area contributed by atoms with Gasteiger partial charge in [0.1, 0.15) is 12.4 Å². The van der Waals surface area contributed by atoms with Crippen molar-refractivity contribution < 1.29 is 14.3 Å². The van der Waals surface area contributed by atoms with Crippen molar-refractivity contribution in [3.05, 3.63) is 54.1 Å². The van der Waals surface area contributed by atoms with Crippen LogP contribution in [0.25, 0.3) is 10.8 Å². The maximum absolute atomic E-state index is 13.5. The summed E-state index contributed by atoms with van der Waals surface area (Å²) in [7, 11) is 0. The molecule has 152 valence electrons. The Morgan fingerprint density at radius 1 is 1.07 bits per heavy atom. The van der Waals surface area contributed by atoms with Crippen molar-refractivity contribution in [1.29, 1.82) is 0 Å². The number of rotatable bonds is 4. The summed E-state index contributed by atoms with van der Waals surface area (Å²) < 4.78 is 5.75. The van der Waals surface area contributed by atoms with Crippen molar-refractivity contribution in [2.75, 3.05) is 6.61 Å². The number of hydrogen-bond donors (Lipinski definition) is 1. The first kappa shape index (κ1) is 19.6. The van der Waals surface area contributed by atoms with Crippen LogP contribution in [0.4, 0.5) is 0 Å². The lowest BCUT2D eigenvalue weighted by Crippen LogP contribution is -2.63. The topological polar surface area (TPSA) is 58.6 Å². The van der Waals surface area contributed by atoms with Crippen LogP contribution < -0.4 is 10.1 Å². The van der Waals surface area contributed by atoms with Crippen LogP contribution in [0.1, 0.15) is 61.3 Å². The van der Waals surface area contributed by atoms with Gasteiger partial charge in [0, 0.05) is 39.0 Å². The third kappa shape index (κ3) is 3.33. The number of imide groups is 1. The van der Waals surface area contributed by atoms with Gasteiger partial charge < -0.3 is 10.1 Å². The molecule has 0 bridgehead atoms. The van der Waals surface area contributed by atoms with Gasteiger partial charge in [-0.2, -0.15) is 0 Å². The van der Waals surface area contributed by atoms with Crippen molar-refractivity contribution in [1.82, 2.24) is 10.2 Å². The molecular formula is C24H28N2O3. The molecule has 29 heavy (non-hydrogen) atoms. The van der Waals surface area contributed by atoms with Gasteiger partial charge >= 0.3 is 0 Å². The molecule has 0 radical (unpaired) electrons. The maximum atomic E-state index is 13.5. The van der Waals surface area contributed by atoms with Crippen LogP contribution in [0.3, 0.4) is 0 Å². The third-order valence-electron chi connectivity index (χ3n) is 5.79. The Kier molecular flexibility index (Phi) is 4.54. The van der Waals surface area contributed by atoms with Crippen LogP contribution in [-0.2, 0) is 0 Å². The second-order valence-electron chi connectivity index (χ2n) is 9.37. The van der Waals surface area contributed by atoms with E-state index in [9.17, 15) is 9.59 Å². The molecule has 0 aromatic heterocycles. The lowest BCUT2D eigenvalue weighted by molar-refractivity contribution is 0.0370. The van der Waals surface area contributed by atoms with Gasteiger partial charge in [-0.3, -0.25) is 14.5 Å². The first-order chi connectivity index (χ1) is 13.6. The highest BCUT2D eigenvalue weighted by molar-refractivity contribution is 6.26. The number of nitrogens with one attached hydrogen (secondary N) is 1. The van der Waals surface area contributed by atoms with E-state index in [0.717, 1.165) is 18.2 Å². The summed E-state index contributed by atoms with van der Waals surface area (Å²) in [6.45, 7) is 12.5. The zero-order valence-electron chi connectivity index (χ0n) is 17.5. The molecule has 2 aliphatic rings. The Balaban J connectivity index is 1.81. The van der Waals surface area contributed by atoms with Gasteiger partial charge in [0.15, 0.2) is 0 Å². The molecule has 1 saturated heterocycles. The van der Waals surface area contributed by atoms with Crippen LogP contribution in [0.5, 0.6) is 5.75 Å².